The topological polar surface area (TPSA) is 71.1 Å². The summed E-state index contributed by atoms with van der Waals surface area (Å²) in [6, 6.07) is 16.9. The van der Waals surface area contributed by atoms with Gasteiger partial charge in [-0.1, -0.05) is 42.5 Å². The Labute approximate surface area is 149 Å². The van der Waals surface area contributed by atoms with Gasteiger partial charge in [0.1, 0.15) is 5.01 Å². The highest BCUT2D eigenvalue weighted by molar-refractivity contribution is 7.13. The zero-order valence-corrected chi connectivity index (χ0v) is 14.3. The molecule has 0 aliphatic carbocycles. The van der Waals surface area contributed by atoms with E-state index in [1.807, 2.05) is 53.9 Å². The van der Waals surface area contributed by atoms with Crippen LogP contribution < -0.4 is 10.6 Å². The molecule has 25 heavy (non-hydrogen) atoms. The first-order valence-corrected chi connectivity index (χ1v) is 8.69. The smallest absolute Gasteiger partial charge is 0.243 e. The van der Waals surface area contributed by atoms with Crippen molar-refractivity contribution in [1.82, 2.24) is 10.3 Å². The van der Waals surface area contributed by atoms with E-state index in [0.717, 1.165) is 16.1 Å². The van der Waals surface area contributed by atoms with Crippen LogP contribution in [0.25, 0.3) is 10.6 Å². The maximum absolute atomic E-state index is 12.0. The van der Waals surface area contributed by atoms with E-state index in [-0.39, 0.29) is 24.8 Å². The second kappa shape index (κ2) is 8.21. The third kappa shape index (κ3) is 4.99. The molecule has 0 fully saturated rings. The van der Waals surface area contributed by atoms with Gasteiger partial charge in [-0.2, -0.15) is 0 Å². The molecule has 3 aromatic rings. The second-order valence-corrected chi connectivity index (χ2v) is 6.30. The maximum atomic E-state index is 12.0. The molecular formula is C19H17N3O2S. The molecular weight excluding hydrogens is 334 g/mol. The molecule has 0 aliphatic heterocycles. The highest BCUT2D eigenvalue weighted by Crippen LogP contribution is 2.24. The highest BCUT2D eigenvalue weighted by Gasteiger charge is 2.08. The number of amides is 2. The van der Waals surface area contributed by atoms with Gasteiger partial charge < -0.3 is 10.6 Å². The van der Waals surface area contributed by atoms with Crippen molar-refractivity contribution in [2.75, 3.05) is 11.9 Å². The predicted molar refractivity (Wildman–Crippen MR) is 99.3 cm³/mol. The van der Waals surface area contributed by atoms with Gasteiger partial charge in [0.15, 0.2) is 0 Å². The summed E-state index contributed by atoms with van der Waals surface area (Å²) in [6.07, 6.45) is 2.00. The Morgan fingerprint density at radius 3 is 2.60 bits per heavy atom. The number of benzene rings is 2. The second-order valence-electron chi connectivity index (χ2n) is 5.41. The normalized spacial score (nSPS) is 10.2. The Balaban J connectivity index is 1.51. The van der Waals surface area contributed by atoms with E-state index < -0.39 is 0 Å². The van der Waals surface area contributed by atoms with Crippen molar-refractivity contribution in [3.8, 4) is 10.6 Å². The molecule has 126 valence electrons. The molecule has 1 heterocycles. The summed E-state index contributed by atoms with van der Waals surface area (Å²) in [4.78, 5) is 28.2. The van der Waals surface area contributed by atoms with Crippen molar-refractivity contribution in [2.45, 2.75) is 6.42 Å². The molecule has 2 amide bonds. The summed E-state index contributed by atoms with van der Waals surface area (Å²) >= 11 is 1.54. The Kier molecular flexibility index (Phi) is 5.53. The Bertz CT molecular complexity index is 848. The first-order chi connectivity index (χ1) is 12.2. The number of carbonyl (C=O) groups is 2. The number of hydrogen-bond donors (Lipinski definition) is 2. The van der Waals surface area contributed by atoms with Gasteiger partial charge in [-0.05, 0) is 17.7 Å². The van der Waals surface area contributed by atoms with Crippen LogP contribution in [0.2, 0.25) is 0 Å². The van der Waals surface area contributed by atoms with Crippen LogP contribution in [-0.2, 0) is 16.0 Å². The summed E-state index contributed by atoms with van der Waals surface area (Å²) in [7, 11) is 0. The average Bonchev–Trinajstić information content (AvgIpc) is 3.16. The lowest BCUT2D eigenvalue weighted by atomic mass is 10.1. The molecule has 3 rings (SSSR count). The highest BCUT2D eigenvalue weighted by atomic mass is 32.1. The number of aromatic nitrogens is 1. The minimum absolute atomic E-state index is 0.0624. The van der Waals surface area contributed by atoms with Crippen LogP contribution in [0, 0.1) is 0 Å². The van der Waals surface area contributed by atoms with Crippen LogP contribution in [0.3, 0.4) is 0 Å². The standard InChI is InChI=1S/C19H17N3O2S/c23-17(11-14-5-2-1-3-6-14)21-13-18(24)22-16-8-4-7-15(12-16)19-20-9-10-25-19/h1-10,12H,11,13H2,(H,21,23)(H,22,24). The van der Waals surface area contributed by atoms with E-state index in [9.17, 15) is 9.59 Å². The largest absolute Gasteiger partial charge is 0.347 e. The van der Waals surface area contributed by atoms with Gasteiger partial charge in [0.25, 0.3) is 0 Å². The maximum Gasteiger partial charge on any atom is 0.243 e. The molecule has 0 unspecified atom stereocenters. The fraction of sp³-hybridized carbons (Fsp3) is 0.105. The number of anilines is 1. The molecule has 0 radical (unpaired) electrons. The van der Waals surface area contributed by atoms with Gasteiger partial charge in [-0.15, -0.1) is 11.3 Å². The van der Waals surface area contributed by atoms with Crippen LogP contribution in [0.1, 0.15) is 5.56 Å². The minimum atomic E-state index is -0.266. The van der Waals surface area contributed by atoms with Crippen LogP contribution in [-0.4, -0.2) is 23.3 Å². The molecule has 0 saturated carbocycles. The molecule has 0 spiro atoms. The summed E-state index contributed by atoms with van der Waals surface area (Å²) in [6.45, 7) is -0.0624. The first-order valence-electron chi connectivity index (χ1n) is 7.81. The van der Waals surface area contributed by atoms with Crippen LogP contribution in [0.4, 0.5) is 5.69 Å². The zero-order valence-electron chi connectivity index (χ0n) is 13.4. The van der Waals surface area contributed by atoms with Crippen molar-refractivity contribution in [3.05, 3.63) is 71.7 Å². The molecule has 0 bridgehead atoms. The molecule has 0 atom stereocenters. The third-order valence-electron chi connectivity index (χ3n) is 3.48. The number of thiazole rings is 1. The van der Waals surface area contributed by atoms with E-state index in [1.165, 1.54) is 11.3 Å². The number of carbonyl (C=O) groups excluding carboxylic acids is 2. The summed E-state index contributed by atoms with van der Waals surface area (Å²) < 4.78 is 0. The summed E-state index contributed by atoms with van der Waals surface area (Å²) in [5, 5.41) is 8.22. The molecule has 2 N–H and O–H groups in total. The van der Waals surface area contributed by atoms with Gasteiger partial charge in [-0.3, -0.25) is 9.59 Å². The SMILES string of the molecule is O=C(Cc1ccccc1)NCC(=O)Nc1cccc(-c2nccs2)c1. The first kappa shape index (κ1) is 16.9. The summed E-state index contributed by atoms with van der Waals surface area (Å²) in [5.74, 6) is -0.449. The van der Waals surface area contributed by atoms with E-state index in [4.69, 9.17) is 0 Å². The predicted octanol–water partition coefficient (Wildman–Crippen LogP) is 3.11. The molecule has 6 heteroatoms. The molecule has 1 aromatic heterocycles. The van der Waals surface area contributed by atoms with Crippen LogP contribution >= 0.6 is 11.3 Å². The fourth-order valence-electron chi connectivity index (χ4n) is 2.32. The van der Waals surface area contributed by atoms with Gasteiger partial charge in [0.05, 0.1) is 13.0 Å². The lowest BCUT2D eigenvalue weighted by Crippen LogP contribution is -2.33. The number of nitrogens with zero attached hydrogens (tertiary/aromatic N) is 1. The Morgan fingerprint density at radius 2 is 1.84 bits per heavy atom. The fourth-order valence-corrected chi connectivity index (χ4v) is 2.96. The van der Waals surface area contributed by atoms with Crippen molar-refractivity contribution >= 4 is 28.8 Å². The number of rotatable bonds is 6. The van der Waals surface area contributed by atoms with Gasteiger partial charge in [-0.25, -0.2) is 4.98 Å². The van der Waals surface area contributed by atoms with E-state index in [2.05, 4.69) is 15.6 Å². The van der Waals surface area contributed by atoms with Crippen molar-refractivity contribution in [2.24, 2.45) is 0 Å². The average molecular weight is 351 g/mol. The van der Waals surface area contributed by atoms with E-state index in [1.54, 1.807) is 12.3 Å². The molecule has 0 aliphatic rings. The summed E-state index contributed by atoms with van der Waals surface area (Å²) in [5.41, 5.74) is 2.53. The van der Waals surface area contributed by atoms with Gasteiger partial charge in [0.2, 0.25) is 11.8 Å². The number of hydrogen-bond acceptors (Lipinski definition) is 4. The quantitative estimate of drug-likeness (QED) is 0.717. The minimum Gasteiger partial charge on any atom is -0.347 e. The third-order valence-corrected chi connectivity index (χ3v) is 4.30. The molecule has 5 nitrogen and oxygen atoms in total. The Morgan fingerprint density at radius 1 is 1.00 bits per heavy atom. The van der Waals surface area contributed by atoms with Crippen LogP contribution in [0.5, 0.6) is 0 Å². The van der Waals surface area contributed by atoms with E-state index in [0.29, 0.717) is 5.69 Å². The van der Waals surface area contributed by atoms with E-state index >= 15 is 0 Å². The van der Waals surface area contributed by atoms with Crippen LogP contribution in [0.15, 0.2) is 66.2 Å². The lowest BCUT2D eigenvalue weighted by molar-refractivity contribution is -0.123. The van der Waals surface area contributed by atoms with Crippen molar-refractivity contribution in [3.63, 3.8) is 0 Å². The number of nitrogens with one attached hydrogen (secondary N) is 2. The van der Waals surface area contributed by atoms with Gasteiger partial charge in [0, 0.05) is 22.8 Å². The molecule has 0 saturated heterocycles. The zero-order chi connectivity index (χ0) is 17.5. The molecule has 2 aromatic carbocycles. The monoisotopic (exact) mass is 351 g/mol. The van der Waals surface area contributed by atoms with Crippen molar-refractivity contribution < 1.29 is 9.59 Å². The van der Waals surface area contributed by atoms with Gasteiger partial charge >= 0.3 is 0 Å². The Hall–Kier alpha value is -2.99. The van der Waals surface area contributed by atoms with Crippen molar-refractivity contribution in [1.29, 1.82) is 0 Å². The lowest BCUT2D eigenvalue weighted by Gasteiger charge is -2.08.